The highest BCUT2D eigenvalue weighted by atomic mass is 19.4. The number of benzene rings is 1. The number of hydrogen-bond donors (Lipinski definition) is 0. The van der Waals surface area contributed by atoms with E-state index in [1.807, 2.05) is 0 Å². The minimum atomic E-state index is -4.54. The first kappa shape index (κ1) is 16.5. The van der Waals surface area contributed by atoms with Crippen molar-refractivity contribution in [2.45, 2.75) is 24.9 Å². The fourth-order valence-corrected chi connectivity index (χ4v) is 2.34. The summed E-state index contributed by atoms with van der Waals surface area (Å²) in [7, 11) is 0. The van der Waals surface area contributed by atoms with Crippen molar-refractivity contribution in [3.63, 3.8) is 0 Å². The molecule has 7 heteroatoms. The predicted molar refractivity (Wildman–Crippen MR) is 71.6 cm³/mol. The van der Waals surface area contributed by atoms with Gasteiger partial charge in [0.25, 0.3) is 11.8 Å². The molecule has 120 valence electrons. The van der Waals surface area contributed by atoms with Crippen molar-refractivity contribution in [1.82, 2.24) is 4.90 Å². The van der Waals surface area contributed by atoms with E-state index < -0.39 is 36.4 Å². The molecule has 0 spiro atoms. The van der Waals surface area contributed by atoms with Crippen LogP contribution in [0.1, 0.15) is 34.3 Å². The lowest BCUT2D eigenvalue weighted by atomic mass is 10.0. The Kier molecular flexibility index (Phi) is 4.26. The van der Waals surface area contributed by atoms with Crippen LogP contribution in [0, 0.1) is 0 Å². The number of likely N-dealkylation sites (tertiary alicyclic amines) is 1. The number of amides is 1. The van der Waals surface area contributed by atoms with Gasteiger partial charge in [0, 0.05) is 31.5 Å². The van der Waals surface area contributed by atoms with Gasteiger partial charge in [0.1, 0.15) is 0 Å². The van der Waals surface area contributed by atoms with E-state index in [2.05, 4.69) is 6.58 Å². The quantitative estimate of drug-likeness (QED) is 0.748. The predicted octanol–water partition coefficient (Wildman–Crippen LogP) is 4.22. The lowest BCUT2D eigenvalue weighted by Crippen LogP contribution is -2.42. The highest BCUT2D eigenvalue weighted by Gasteiger charge is 2.36. The Morgan fingerprint density at radius 2 is 1.82 bits per heavy atom. The summed E-state index contributed by atoms with van der Waals surface area (Å²) in [5.74, 6) is -3.34. The molecule has 1 aromatic carbocycles. The first-order chi connectivity index (χ1) is 10.1. The van der Waals surface area contributed by atoms with Crippen molar-refractivity contribution in [3.8, 4) is 0 Å². The van der Waals surface area contributed by atoms with Crippen LogP contribution in [0.25, 0.3) is 6.08 Å². The zero-order chi connectivity index (χ0) is 16.5. The van der Waals surface area contributed by atoms with Gasteiger partial charge >= 0.3 is 6.18 Å². The van der Waals surface area contributed by atoms with E-state index in [1.54, 1.807) is 0 Å². The number of nitrogens with zero attached hydrogens (tertiary/aromatic N) is 1. The molecule has 1 aliphatic heterocycles. The maximum Gasteiger partial charge on any atom is 0.416 e. The van der Waals surface area contributed by atoms with Crippen LogP contribution in [0.3, 0.4) is 0 Å². The van der Waals surface area contributed by atoms with Crippen molar-refractivity contribution in [2.24, 2.45) is 0 Å². The second kappa shape index (κ2) is 5.70. The molecule has 0 aliphatic carbocycles. The van der Waals surface area contributed by atoms with Crippen LogP contribution < -0.4 is 0 Å². The molecule has 1 heterocycles. The molecule has 2 rings (SSSR count). The zero-order valence-electron chi connectivity index (χ0n) is 11.6. The first-order valence-corrected chi connectivity index (χ1v) is 6.65. The van der Waals surface area contributed by atoms with E-state index >= 15 is 0 Å². The maximum atomic E-state index is 13.1. The van der Waals surface area contributed by atoms with E-state index in [0.717, 1.165) is 24.3 Å². The summed E-state index contributed by atoms with van der Waals surface area (Å²) in [6.45, 7) is 3.08. The molecular weight excluding hydrogens is 305 g/mol. The molecule has 1 amide bonds. The van der Waals surface area contributed by atoms with E-state index in [-0.39, 0.29) is 24.2 Å². The highest BCUT2D eigenvalue weighted by molar-refractivity contribution is 5.95. The summed E-state index contributed by atoms with van der Waals surface area (Å²) >= 11 is 0. The third kappa shape index (κ3) is 3.45. The molecule has 0 unspecified atom stereocenters. The van der Waals surface area contributed by atoms with Gasteiger partial charge in [-0.3, -0.25) is 4.79 Å². The average molecular weight is 319 g/mol. The molecular formula is C15H14F5NO. The first-order valence-electron chi connectivity index (χ1n) is 6.65. The standard InChI is InChI=1S/C15H14F5NO/c1-2-10-9-11(3-4-12(10)15(18,19)20)13(22)21-7-5-14(16,17)6-8-21/h2-4,9H,1,5-8H2. The van der Waals surface area contributed by atoms with Gasteiger partial charge < -0.3 is 4.90 Å². The van der Waals surface area contributed by atoms with Crippen molar-refractivity contribution < 1.29 is 26.7 Å². The zero-order valence-corrected chi connectivity index (χ0v) is 11.6. The van der Waals surface area contributed by atoms with Gasteiger partial charge in [-0.25, -0.2) is 8.78 Å². The molecule has 1 aliphatic rings. The van der Waals surface area contributed by atoms with Crippen LogP contribution in [0.2, 0.25) is 0 Å². The number of hydrogen-bond acceptors (Lipinski definition) is 1. The normalized spacial score (nSPS) is 18.1. The monoisotopic (exact) mass is 319 g/mol. The molecule has 22 heavy (non-hydrogen) atoms. The van der Waals surface area contributed by atoms with Crippen molar-refractivity contribution in [2.75, 3.05) is 13.1 Å². The van der Waals surface area contributed by atoms with Gasteiger partial charge in [0.15, 0.2) is 0 Å². The van der Waals surface area contributed by atoms with Crippen LogP contribution >= 0.6 is 0 Å². The van der Waals surface area contributed by atoms with E-state index in [9.17, 15) is 26.7 Å². The molecule has 0 atom stereocenters. The molecule has 0 bridgehead atoms. The number of alkyl halides is 5. The number of halogens is 5. The Morgan fingerprint density at radius 1 is 1.23 bits per heavy atom. The summed E-state index contributed by atoms with van der Waals surface area (Å²) in [6, 6.07) is 2.96. The van der Waals surface area contributed by atoms with Crippen LogP contribution in [-0.2, 0) is 6.18 Å². The third-order valence-electron chi connectivity index (χ3n) is 3.61. The Balaban J connectivity index is 2.23. The number of carbonyl (C=O) groups excluding carboxylic acids is 1. The summed E-state index contributed by atoms with van der Waals surface area (Å²) in [5, 5.41) is 0. The van der Waals surface area contributed by atoms with Gasteiger partial charge in [-0.1, -0.05) is 12.7 Å². The van der Waals surface area contributed by atoms with Gasteiger partial charge in [0.05, 0.1) is 5.56 Å². The molecule has 0 radical (unpaired) electrons. The summed E-state index contributed by atoms with van der Waals surface area (Å²) in [5.41, 5.74) is -1.06. The van der Waals surface area contributed by atoms with Crippen LogP contribution in [0.15, 0.2) is 24.8 Å². The fourth-order valence-electron chi connectivity index (χ4n) is 2.34. The van der Waals surface area contributed by atoms with Gasteiger partial charge in [-0.15, -0.1) is 0 Å². The second-order valence-corrected chi connectivity index (χ2v) is 5.15. The Hall–Kier alpha value is -1.92. The molecule has 0 N–H and O–H groups in total. The van der Waals surface area contributed by atoms with Gasteiger partial charge in [-0.05, 0) is 23.8 Å². The topological polar surface area (TPSA) is 20.3 Å². The molecule has 0 aromatic heterocycles. The SMILES string of the molecule is C=Cc1cc(C(=O)N2CCC(F)(F)CC2)ccc1C(F)(F)F. The average Bonchev–Trinajstić information content (AvgIpc) is 2.45. The van der Waals surface area contributed by atoms with Crippen molar-refractivity contribution in [1.29, 1.82) is 0 Å². The van der Waals surface area contributed by atoms with Crippen LogP contribution in [0.5, 0.6) is 0 Å². The Labute approximate surface area is 124 Å². The van der Waals surface area contributed by atoms with Gasteiger partial charge in [0.2, 0.25) is 0 Å². The minimum absolute atomic E-state index is 0.0353. The summed E-state index contributed by atoms with van der Waals surface area (Å²) in [4.78, 5) is 13.4. The fraction of sp³-hybridized carbons (Fsp3) is 0.400. The summed E-state index contributed by atoms with van der Waals surface area (Å²) < 4.78 is 64.5. The van der Waals surface area contributed by atoms with Crippen molar-refractivity contribution >= 4 is 12.0 Å². The number of carbonyl (C=O) groups is 1. The number of piperidine rings is 1. The maximum absolute atomic E-state index is 13.1. The molecule has 1 aromatic rings. The second-order valence-electron chi connectivity index (χ2n) is 5.15. The smallest absolute Gasteiger partial charge is 0.338 e. The summed E-state index contributed by atoms with van der Waals surface area (Å²) in [6.07, 6.45) is -4.40. The largest absolute Gasteiger partial charge is 0.416 e. The molecule has 1 saturated heterocycles. The molecule has 1 fully saturated rings. The lowest BCUT2D eigenvalue weighted by molar-refractivity contribution is -0.137. The molecule has 2 nitrogen and oxygen atoms in total. The van der Waals surface area contributed by atoms with E-state index in [4.69, 9.17) is 0 Å². The van der Waals surface area contributed by atoms with Gasteiger partial charge in [-0.2, -0.15) is 13.2 Å². The number of rotatable bonds is 2. The third-order valence-corrected chi connectivity index (χ3v) is 3.61. The van der Waals surface area contributed by atoms with Crippen LogP contribution in [0.4, 0.5) is 22.0 Å². The minimum Gasteiger partial charge on any atom is -0.338 e. The van der Waals surface area contributed by atoms with Crippen molar-refractivity contribution in [3.05, 3.63) is 41.5 Å². The molecule has 0 saturated carbocycles. The Morgan fingerprint density at radius 3 is 2.32 bits per heavy atom. The lowest BCUT2D eigenvalue weighted by Gasteiger charge is -2.31. The Bertz CT molecular complexity index is 584. The van der Waals surface area contributed by atoms with E-state index in [0.29, 0.717) is 0 Å². The highest BCUT2D eigenvalue weighted by Crippen LogP contribution is 2.33. The van der Waals surface area contributed by atoms with Crippen LogP contribution in [-0.4, -0.2) is 29.8 Å². The van der Waals surface area contributed by atoms with E-state index in [1.165, 1.54) is 4.90 Å².